The maximum atomic E-state index is 13.5. The zero-order valence-electron chi connectivity index (χ0n) is 16.2. The fraction of sp³-hybridized carbons (Fsp3) is 0.391. The highest BCUT2D eigenvalue weighted by atomic mass is 19.1. The van der Waals surface area contributed by atoms with Crippen molar-refractivity contribution in [3.63, 3.8) is 0 Å². The first-order valence-corrected chi connectivity index (χ1v) is 10.1. The molecule has 2 fully saturated rings. The normalized spacial score (nSPS) is 19.1. The van der Waals surface area contributed by atoms with Crippen LogP contribution in [0, 0.1) is 17.6 Å². The Labute approximate surface area is 169 Å². The monoisotopic (exact) mass is 398 g/mol. The number of piperidine rings is 1. The fourth-order valence-corrected chi connectivity index (χ4v) is 3.98. The molecule has 1 aliphatic carbocycles. The van der Waals surface area contributed by atoms with E-state index in [-0.39, 0.29) is 35.4 Å². The number of likely N-dealkylation sites (tertiary alicyclic amines) is 1. The van der Waals surface area contributed by atoms with Gasteiger partial charge in [0, 0.05) is 31.2 Å². The van der Waals surface area contributed by atoms with E-state index >= 15 is 0 Å². The van der Waals surface area contributed by atoms with Crippen LogP contribution >= 0.6 is 0 Å². The molecule has 4 nitrogen and oxygen atoms in total. The van der Waals surface area contributed by atoms with Gasteiger partial charge in [-0.2, -0.15) is 0 Å². The topological polar surface area (TPSA) is 40.6 Å². The van der Waals surface area contributed by atoms with E-state index in [0.717, 1.165) is 31.2 Å². The van der Waals surface area contributed by atoms with Gasteiger partial charge in [0.25, 0.3) is 5.91 Å². The maximum Gasteiger partial charge on any atom is 0.253 e. The summed E-state index contributed by atoms with van der Waals surface area (Å²) < 4.78 is 26.7. The van der Waals surface area contributed by atoms with Gasteiger partial charge in [-0.15, -0.1) is 0 Å². The third-order valence-corrected chi connectivity index (χ3v) is 5.66. The maximum absolute atomic E-state index is 13.5. The van der Waals surface area contributed by atoms with Crippen molar-refractivity contribution < 1.29 is 18.4 Å². The van der Waals surface area contributed by atoms with Crippen LogP contribution in [0.5, 0.6) is 0 Å². The number of rotatable bonds is 5. The summed E-state index contributed by atoms with van der Waals surface area (Å²) >= 11 is 0. The summed E-state index contributed by atoms with van der Waals surface area (Å²) in [5, 5.41) is 0. The molecule has 2 amide bonds. The lowest BCUT2D eigenvalue weighted by atomic mass is 9.95. The van der Waals surface area contributed by atoms with Gasteiger partial charge in [0.1, 0.15) is 11.6 Å². The Balaban J connectivity index is 1.45. The van der Waals surface area contributed by atoms with E-state index in [2.05, 4.69) is 0 Å². The van der Waals surface area contributed by atoms with E-state index in [0.29, 0.717) is 25.2 Å². The first kappa shape index (κ1) is 19.6. The number of carbonyl (C=O) groups is 2. The second-order valence-corrected chi connectivity index (χ2v) is 7.92. The van der Waals surface area contributed by atoms with E-state index in [4.69, 9.17) is 0 Å². The molecule has 1 heterocycles. The van der Waals surface area contributed by atoms with Crippen molar-refractivity contribution >= 4 is 11.8 Å². The molecule has 1 aliphatic heterocycles. The average Bonchev–Trinajstić information content (AvgIpc) is 3.57. The van der Waals surface area contributed by atoms with E-state index in [1.165, 1.54) is 36.4 Å². The molecular weight excluding hydrogens is 374 g/mol. The van der Waals surface area contributed by atoms with Crippen LogP contribution in [-0.2, 0) is 11.3 Å². The highest BCUT2D eigenvalue weighted by Gasteiger charge is 2.38. The Hall–Kier alpha value is -2.76. The molecular formula is C23H24F2N2O2. The first-order chi connectivity index (χ1) is 14.0. The second-order valence-electron chi connectivity index (χ2n) is 7.92. The number of nitrogens with zero attached hydrogens (tertiary/aromatic N) is 2. The van der Waals surface area contributed by atoms with Crippen molar-refractivity contribution in [3.8, 4) is 0 Å². The highest BCUT2D eigenvalue weighted by Crippen LogP contribution is 2.32. The zero-order valence-corrected chi connectivity index (χ0v) is 16.2. The summed E-state index contributed by atoms with van der Waals surface area (Å²) in [6.45, 7) is 1.35. The molecule has 0 bridgehead atoms. The summed E-state index contributed by atoms with van der Waals surface area (Å²) in [6.07, 6.45) is 3.41. The Morgan fingerprint density at radius 2 is 1.76 bits per heavy atom. The Morgan fingerprint density at radius 3 is 2.45 bits per heavy atom. The molecule has 152 valence electrons. The van der Waals surface area contributed by atoms with Crippen molar-refractivity contribution in [3.05, 3.63) is 71.3 Å². The van der Waals surface area contributed by atoms with Gasteiger partial charge >= 0.3 is 0 Å². The van der Waals surface area contributed by atoms with Crippen LogP contribution in [0.2, 0.25) is 0 Å². The van der Waals surface area contributed by atoms with Gasteiger partial charge in [0.2, 0.25) is 5.91 Å². The van der Waals surface area contributed by atoms with Crippen LogP contribution < -0.4 is 0 Å². The molecule has 1 unspecified atom stereocenters. The quantitative estimate of drug-likeness (QED) is 0.764. The second kappa shape index (κ2) is 8.31. The number of amides is 2. The third kappa shape index (κ3) is 4.63. The Morgan fingerprint density at radius 1 is 1.00 bits per heavy atom. The smallest absolute Gasteiger partial charge is 0.253 e. The molecule has 0 N–H and O–H groups in total. The summed E-state index contributed by atoms with van der Waals surface area (Å²) in [6, 6.07) is 12.0. The van der Waals surface area contributed by atoms with Crippen molar-refractivity contribution in [2.24, 2.45) is 5.92 Å². The van der Waals surface area contributed by atoms with Crippen molar-refractivity contribution in [2.45, 2.75) is 38.3 Å². The minimum absolute atomic E-state index is 0.0355. The summed E-state index contributed by atoms with van der Waals surface area (Å²) in [5.41, 5.74) is 1.21. The zero-order chi connectivity index (χ0) is 20.4. The van der Waals surface area contributed by atoms with E-state index in [9.17, 15) is 18.4 Å². The summed E-state index contributed by atoms with van der Waals surface area (Å²) in [4.78, 5) is 29.6. The average molecular weight is 398 g/mol. The van der Waals surface area contributed by atoms with Gasteiger partial charge in [0.15, 0.2) is 0 Å². The molecule has 2 aliphatic rings. The van der Waals surface area contributed by atoms with Crippen molar-refractivity contribution in [2.75, 3.05) is 13.1 Å². The molecule has 1 saturated heterocycles. The SMILES string of the molecule is O=C(c1ccc(F)cc1)N1CCCC(C(=O)N(Cc2cccc(F)c2)C2CC2)C1. The van der Waals surface area contributed by atoms with Crippen molar-refractivity contribution in [1.29, 1.82) is 0 Å². The van der Waals surface area contributed by atoms with Gasteiger partial charge in [-0.3, -0.25) is 9.59 Å². The minimum atomic E-state index is -0.384. The lowest BCUT2D eigenvalue weighted by Crippen LogP contribution is -2.47. The van der Waals surface area contributed by atoms with Crippen LogP contribution in [-0.4, -0.2) is 40.7 Å². The van der Waals surface area contributed by atoms with Gasteiger partial charge < -0.3 is 9.80 Å². The van der Waals surface area contributed by atoms with E-state index < -0.39 is 0 Å². The number of halogens is 2. The van der Waals surface area contributed by atoms with Crippen LogP contribution in [0.4, 0.5) is 8.78 Å². The molecule has 1 saturated carbocycles. The predicted molar refractivity (Wildman–Crippen MR) is 105 cm³/mol. The number of hydrogen-bond donors (Lipinski definition) is 0. The molecule has 29 heavy (non-hydrogen) atoms. The summed E-state index contributed by atoms with van der Waals surface area (Å²) in [5.74, 6) is -1.09. The number of hydrogen-bond acceptors (Lipinski definition) is 2. The largest absolute Gasteiger partial charge is 0.338 e. The van der Waals surface area contributed by atoms with Gasteiger partial charge in [-0.25, -0.2) is 8.78 Å². The molecule has 0 spiro atoms. The number of benzene rings is 2. The Kier molecular flexibility index (Phi) is 5.60. The lowest BCUT2D eigenvalue weighted by molar-refractivity contribution is -0.138. The summed E-state index contributed by atoms with van der Waals surface area (Å²) in [7, 11) is 0. The lowest BCUT2D eigenvalue weighted by Gasteiger charge is -2.35. The minimum Gasteiger partial charge on any atom is -0.338 e. The standard InChI is InChI=1S/C23H24F2N2O2/c24-19-8-6-17(7-9-19)22(28)26-12-2-4-18(15-26)23(29)27(21-10-11-21)14-16-3-1-5-20(25)13-16/h1,3,5-9,13,18,21H,2,4,10-12,14-15H2. The van der Waals surface area contributed by atoms with Crippen LogP contribution in [0.25, 0.3) is 0 Å². The van der Waals surface area contributed by atoms with Crippen LogP contribution in [0.15, 0.2) is 48.5 Å². The molecule has 1 atom stereocenters. The molecule has 0 aromatic heterocycles. The molecule has 4 rings (SSSR count). The van der Waals surface area contributed by atoms with Crippen LogP contribution in [0.3, 0.4) is 0 Å². The third-order valence-electron chi connectivity index (χ3n) is 5.66. The fourth-order valence-electron chi connectivity index (χ4n) is 3.98. The van der Waals surface area contributed by atoms with Crippen molar-refractivity contribution in [1.82, 2.24) is 9.80 Å². The molecule has 2 aromatic rings. The predicted octanol–water partition coefficient (Wildman–Crippen LogP) is 4.01. The van der Waals surface area contributed by atoms with E-state index in [1.54, 1.807) is 11.0 Å². The first-order valence-electron chi connectivity index (χ1n) is 10.1. The van der Waals surface area contributed by atoms with Crippen LogP contribution in [0.1, 0.15) is 41.6 Å². The van der Waals surface area contributed by atoms with Gasteiger partial charge in [-0.05, 0) is 67.6 Å². The highest BCUT2D eigenvalue weighted by molar-refractivity contribution is 5.94. The van der Waals surface area contributed by atoms with E-state index in [1.807, 2.05) is 11.0 Å². The molecule has 2 aromatic carbocycles. The molecule has 6 heteroatoms. The van der Waals surface area contributed by atoms with Gasteiger partial charge in [-0.1, -0.05) is 12.1 Å². The Bertz CT molecular complexity index is 896. The number of carbonyl (C=O) groups excluding carboxylic acids is 2. The van der Waals surface area contributed by atoms with Gasteiger partial charge in [0.05, 0.1) is 5.92 Å². The molecule has 0 radical (unpaired) electrons.